The second kappa shape index (κ2) is 10.7. The fraction of sp³-hybridized carbons (Fsp3) is 0.250. The number of hydrogen-bond donors (Lipinski definition) is 2. The minimum absolute atomic E-state index is 0.234. The zero-order valence-electron chi connectivity index (χ0n) is 21.7. The third-order valence-corrected chi connectivity index (χ3v) is 6.31. The van der Waals surface area contributed by atoms with Crippen LogP contribution in [0.4, 0.5) is 0 Å². The van der Waals surface area contributed by atoms with Gasteiger partial charge in [0.2, 0.25) is 0 Å². The number of hydrogen-bond acceptors (Lipinski definition) is 7. The molecule has 3 aromatic carbocycles. The molecule has 0 aliphatic heterocycles. The summed E-state index contributed by atoms with van der Waals surface area (Å²) in [5, 5.41) is 24.2. The first-order valence-corrected chi connectivity index (χ1v) is 12.3. The summed E-state index contributed by atoms with van der Waals surface area (Å²) in [6, 6.07) is 20.9. The predicted octanol–water partition coefficient (Wildman–Crippen LogP) is 4.74. The maximum absolute atomic E-state index is 13.6. The van der Waals surface area contributed by atoms with Crippen molar-refractivity contribution in [2.24, 2.45) is 5.92 Å². The van der Waals surface area contributed by atoms with Crippen molar-refractivity contribution < 1.29 is 14.3 Å². The first kappa shape index (κ1) is 24.9. The fourth-order valence-corrected chi connectivity index (χ4v) is 4.60. The van der Waals surface area contributed by atoms with E-state index in [4.69, 9.17) is 14.6 Å². The van der Waals surface area contributed by atoms with Crippen LogP contribution in [0.1, 0.15) is 42.6 Å². The number of ether oxygens (including phenoxy) is 2. The van der Waals surface area contributed by atoms with Crippen LogP contribution < -0.4 is 14.8 Å². The molecule has 0 aliphatic carbocycles. The number of benzene rings is 3. The largest absolute Gasteiger partial charge is 0.496 e. The van der Waals surface area contributed by atoms with Crippen LogP contribution in [0.5, 0.6) is 11.5 Å². The minimum Gasteiger partial charge on any atom is -0.496 e. The number of tetrazole rings is 1. The molecule has 194 valence electrons. The number of carbonyl (C=O) groups is 1. The summed E-state index contributed by atoms with van der Waals surface area (Å²) in [6.45, 7) is 4.14. The van der Waals surface area contributed by atoms with Gasteiger partial charge >= 0.3 is 0 Å². The molecule has 1 unspecified atom stereocenters. The quantitative estimate of drug-likeness (QED) is 0.293. The summed E-state index contributed by atoms with van der Waals surface area (Å²) in [4.78, 5) is 13.6. The Morgan fingerprint density at radius 3 is 2.39 bits per heavy atom. The van der Waals surface area contributed by atoms with Gasteiger partial charge in [-0.05, 0) is 42.0 Å². The highest BCUT2D eigenvalue weighted by molar-refractivity contribution is 5.96. The maximum atomic E-state index is 13.6. The lowest BCUT2D eigenvalue weighted by Gasteiger charge is -2.16. The van der Waals surface area contributed by atoms with Crippen molar-refractivity contribution in [3.8, 4) is 28.4 Å². The van der Waals surface area contributed by atoms with Crippen LogP contribution in [0.25, 0.3) is 27.7 Å². The highest BCUT2D eigenvalue weighted by Crippen LogP contribution is 2.40. The van der Waals surface area contributed by atoms with Gasteiger partial charge in [-0.3, -0.25) is 4.79 Å². The Hall–Kier alpha value is -4.73. The van der Waals surface area contributed by atoms with Crippen molar-refractivity contribution in [2.45, 2.75) is 26.3 Å². The van der Waals surface area contributed by atoms with Crippen LogP contribution in [0.15, 0.2) is 66.7 Å². The van der Waals surface area contributed by atoms with E-state index in [0.717, 1.165) is 16.5 Å². The molecule has 0 bridgehead atoms. The number of aromatic nitrogens is 6. The summed E-state index contributed by atoms with van der Waals surface area (Å²) in [5.74, 6) is 1.56. The summed E-state index contributed by atoms with van der Waals surface area (Å²) < 4.78 is 13.2. The smallest absolute Gasteiger partial charge is 0.272 e. The van der Waals surface area contributed by atoms with E-state index in [-0.39, 0.29) is 11.6 Å². The van der Waals surface area contributed by atoms with E-state index in [2.05, 4.69) is 39.8 Å². The molecular weight excluding hydrogens is 482 g/mol. The molecule has 0 fully saturated rings. The van der Waals surface area contributed by atoms with Gasteiger partial charge in [-0.2, -0.15) is 10.3 Å². The Labute approximate surface area is 220 Å². The van der Waals surface area contributed by atoms with Gasteiger partial charge in [0.1, 0.15) is 11.5 Å². The first-order valence-electron chi connectivity index (χ1n) is 12.3. The van der Waals surface area contributed by atoms with Gasteiger partial charge in [0.05, 0.1) is 37.2 Å². The summed E-state index contributed by atoms with van der Waals surface area (Å²) >= 11 is 0. The standard InChI is InChI=1S/C28H29N7O3/c1-17(2)15-20(27-30-33-34-31-27)29-28(36)21-16-23(26-24(37-3)13-8-14-25(26)38-4)35(32-21)22-12-7-10-18-9-5-6-11-19(18)22/h5-14,16-17,20H,15H2,1-4H3,(H,29,36)(H,30,31,33,34). The van der Waals surface area contributed by atoms with E-state index < -0.39 is 6.04 Å². The molecule has 5 rings (SSSR count). The molecule has 0 spiro atoms. The molecule has 38 heavy (non-hydrogen) atoms. The number of H-pyrrole nitrogens is 1. The monoisotopic (exact) mass is 511 g/mol. The Morgan fingerprint density at radius 2 is 1.71 bits per heavy atom. The average molecular weight is 512 g/mol. The van der Waals surface area contributed by atoms with E-state index >= 15 is 0 Å². The molecule has 5 aromatic rings. The summed E-state index contributed by atoms with van der Waals surface area (Å²) in [6.07, 6.45) is 0.641. The number of amides is 1. The summed E-state index contributed by atoms with van der Waals surface area (Å²) in [5.41, 5.74) is 2.40. The van der Waals surface area contributed by atoms with Gasteiger partial charge in [-0.15, -0.1) is 10.2 Å². The third kappa shape index (κ3) is 4.80. The second-order valence-electron chi connectivity index (χ2n) is 9.29. The number of rotatable bonds is 9. The van der Waals surface area contributed by atoms with E-state index in [1.54, 1.807) is 25.0 Å². The van der Waals surface area contributed by atoms with E-state index in [1.165, 1.54) is 0 Å². The number of nitrogens with one attached hydrogen (secondary N) is 2. The molecule has 0 radical (unpaired) electrons. The molecule has 2 heterocycles. The van der Waals surface area contributed by atoms with Gasteiger partial charge in [0.25, 0.3) is 5.91 Å². The lowest BCUT2D eigenvalue weighted by atomic mass is 10.0. The molecule has 1 amide bonds. The molecule has 10 heteroatoms. The van der Waals surface area contributed by atoms with Crippen LogP contribution in [-0.4, -0.2) is 50.5 Å². The Kier molecular flexibility index (Phi) is 7.03. The highest BCUT2D eigenvalue weighted by atomic mass is 16.5. The molecule has 0 saturated carbocycles. The molecular formula is C28H29N7O3. The maximum Gasteiger partial charge on any atom is 0.272 e. The second-order valence-corrected chi connectivity index (χ2v) is 9.29. The zero-order chi connectivity index (χ0) is 26.6. The van der Waals surface area contributed by atoms with Crippen molar-refractivity contribution in [3.63, 3.8) is 0 Å². The Balaban J connectivity index is 1.66. The van der Waals surface area contributed by atoms with Crippen LogP contribution >= 0.6 is 0 Å². The van der Waals surface area contributed by atoms with E-state index in [1.807, 2.05) is 60.7 Å². The van der Waals surface area contributed by atoms with Crippen molar-refractivity contribution in [2.75, 3.05) is 14.2 Å². The van der Waals surface area contributed by atoms with Crippen molar-refractivity contribution in [1.82, 2.24) is 35.7 Å². The summed E-state index contributed by atoms with van der Waals surface area (Å²) in [7, 11) is 3.21. The van der Waals surface area contributed by atoms with Gasteiger partial charge in [0, 0.05) is 5.39 Å². The van der Waals surface area contributed by atoms with Gasteiger partial charge in [-0.25, -0.2) is 4.68 Å². The van der Waals surface area contributed by atoms with Crippen LogP contribution in [-0.2, 0) is 0 Å². The molecule has 1 atom stereocenters. The highest BCUT2D eigenvalue weighted by Gasteiger charge is 2.26. The number of methoxy groups -OCH3 is 2. The van der Waals surface area contributed by atoms with Crippen LogP contribution in [0.3, 0.4) is 0 Å². The molecule has 0 aliphatic rings. The Morgan fingerprint density at radius 1 is 1.00 bits per heavy atom. The lowest BCUT2D eigenvalue weighted by Crippen LogP contribution is -2.30. The van der Waals surface area contributed by atoms with Gasteiger partial charge in [-0.1, -0.05) is 61.5 Å². The molecule has 10 nitrogen and oxygen atoms in total. The average Bonchev–Trinajstić information content (AvgIpc) is 3.62. The minimum atomic E-state index is -0.423. The van der Waals surface area contributed by atoms with Crippen molar-refractivity contribution in [1.29, 1.82) is 0 Å². The number of carbonyl (C=O) groups excluding carboxylic acids is 1. The third-order valence-electron chi connectivity index (χ3n) is 6.31. The first-order chi connectivity index (χ1) is 18.5. The van der Waals surface area contributed by atoms with E-state index in [0.29, 0.717) is 40.9 Å². The molecule has 0 saturated heterocycles. The normalized spacial score (nSPS) is 12.0. The van der Waals surface area contributed by atoms with Gasteiger partial charge in [0.15, 0.2) is 11.5 Å². The van der Waals surface area contributed by atoms with Crippen LogP contribution in [0.2, 0.25) is 0 Å². The zero-order valence-corrected chi connectivity index (χ0v) is 21.7. The number of nitrogens with zero attached hydrogens (tertiary/aromatic N) is 5. The van der Waals surface area contributed by atoms with Crippen molar-refractivity contribution in [3.05, 3.63) is 78.2 Å². The van der Waals surface area contributed by atoms with Crippen LogP contribution in [0, 0.1) is 5.92 Å². The molecule has 2 aromatic heterocycles. The van der Waals surface area contributed by atoms with E-state index in [9.17, 15) is 4.79 Å². The topological polar surface area (TPSA) is 120 Å². The Bertz CT molecular complexity index is 1530. The molecule has 2 N–H and O–H groups in total. The lowest BCUT2D eigenvalue weighted by molar-refractivity contribution is 0.0924. The number of aromatic amines is 1. The fourth-order valence-electron chi connectivity index (χ4n) is 4.60. The SMILES string of the molecule is COc1cccc(OC)c1-c1cc(C(=O)NC(CC(C)C)c2nn[nH]n2)nn1-c1cccc2ccccc12. The van der Waals surface area contributed by atoms with Crippen molar-refractivity contribution >= 4 is 16.7 Å². The predicted molar refractivity (Wildman–Crippen MR) is 143 cm³/mol. The van der Waals surface area contributed by atoms with Gasteiger partial charge < -0.3 is 14.8 Å². The number of fused-ring (bicyclic) bond motifs is 1.